The first kappa shape index (κ1) is 12.3. The van der Waals surface area contributed by atoms with Crippen molar-refractivity contribution in [1.29, 1.82) is 5.26 Å². The molecule has 0 radical (unpaired) electrons. The van der Waals surface area contributed by atoms with Crippen molar-refractivity contribution < 1.29 is 0 Å². The Morgan fingerprint density at radius 2 is 2.00 bits per heavy atom. The monoisotopic (exact) mass is 258 g/mol. The average Bonchev–Trinajstić information content (AvgIpc) is 2.47. The Morgan fingerprint density at radius 3 is 2.74 bits per heavy atom. The summed E-state index contributed by atoms with van der Waals surface area (Å²) in [5.74, 6) is 1.26. The van der Waals surface area contributed by atoms with Gasteiger partial charge in [-0.3, -0.25) is 0 Å². The van der Waals surface area contributed by atoms with Gasteiger partial charge in [0.15, 0.2) is 0 Å². The highest BCUT2D eigenvalue weighted by Gasteiger charge is 2.23. The Hall–Kier alpha value is -1.71. The molecule has 0 saturated carbocycles. The number of likely N-dealkylation sites (N-methyl/N-ethyl adjacent to an activating group) is 1. The van der Waals surface area contributed by atoms with Gasteiger partial charge in [-0.15, -0.1) is 0 Å². The normalized spacial score (nSPS) is 19.9. The molecule has 19 heavy (non-hydrogen) atoms. The predicted octanol–water partition coefficient (Wildman–Crippen LogP) is -0.254. The number of nitrogens with one attached hydrogen (secondary N) is 1. The molecule has 0 aliphatic carbocycles. The third-order valence-electron chi connectivity index (χ3n) is 3.81. The summed E-state index contributed by atoms with van der Waals surface area (Å²) in [4.78, 5) is 13.4. The SMILES string of the molecule is CN1CCN(c2nc(C#N)nc3c2CNCC3)CC1. The van der Waals surface area contributed by atoms with Crippen molar-refractivity contribution in [3.8, 4) is 6.07 Å². The highest BCUT2D eigenvalue weighted by atomic mass is 15.3. The number of rotatable bonds is 1. The van der Waals surface area contributed by atoms with Gasteiger partial charge in [0.25, 0.3) is 0 Å². The second-order valence-corrected chi connectivity index (χ2v) is 5.12. The number of nitrogens with zero attached hydrogens (tertiary/aromatic N) is 5. The van der Waals surface area contributed by atoms with Crippen LogP contribution in [0.4, 0.5) is 5.82 Å². The van der Waals surface area contributed by atoms with Crippen molar-refractivity contribution in [2.24, 2.45) is 0 Å². The van der Waals surface area contributed by atoms with Crippen LogP contribution in [0.15, 0.2) is 0 Å². The smallest absolute Gasteiger partial charge is 0.234 e. The largest absolute Gasteiger partial charge is 0.354 e. The van der Waals surface area contributed by atoms with Crippen LogP contribution in [-0.4, -0.2) is 54.6 Å². The van der Waals surface area contributed by atoms with E-state index in [2.05, 4.69) is 38.2 Å². The van der Waals surface area contributed by atoms with Gasteiger partial charge in [0.1, 0.15) is 11.9 Å². The highest BCUT2D eigenvalue weighted by molar-refractivity contribution is 5.51. The molecule has 6 nitrogen and oxygen atoms in total. The summed E-state index contributed by atoms with van der Waals surface area (Å²) in [6.45, 7) is 5.73. The lowest BCUT2D eigenvalue weighted by Crippen LogP contribution is -2.45. The van der Waals surface area contributed by atoms with Crippen molar-refractivity contribution in [3.05, 3.63) is 17.1 Å². The number of nitriles is 1. The van der Waals surface area contributed by atoms with Gasteiger partial charge in [-0.2, -0.15) is 5.26 Å². The molecular formula is C13H18N6. The molecule has 0 unspecified atom stereocenters. The molecule has 0 bridgehead atoms. The number of aromatic nitrogens is 2. The number of piperazine rings is 1. The van der Waals surface area contributed by atoms with Crippen LogP contribution in [0.5, 0.6) is 0 Å². The average molecular weight is 258 g/mol. The summed E-state index contributed by atoms with van der Waals surface area (Å²) >= 11 is 0. The summed E-state index contributed by atoms with van der Waals surface area (Å²) in [7, 11) is 2.13. The van der Waals surface area contributed by atoms with E-state index in [1.54, 1.807) is 0 Å². The molecule has 1 aromatic heterocycles. The van der Waals surface area contributed by atoms with Crippen molar-refractivity contribution in [2.75, 3.05) is 44.7 Å². The lowest BCUT2D eigenvalue weighted by Gasteiger charge is -2.35. The van der Waals surface area contributed by atoms with Crippen LogP contribution in [0, 0.1) is 11.3 Å². The number of anilines is 1. The fraction of sp³-hybridized carbons (Fsp3) is 0.615. The van der Waals surface area contributed by atoms with Crippen molar-refractivity contribution in [3.63, 3.8) is 0 Å². The third-order valence-corrected chi connectivity index (χ3v) is 3.81. The van der Waals surface area contributed by atoms with E-state index in [1.807, 2.05) is 0 Å². The summed E-state index contributed by atoms with van der Waals surface area (Å²) in [6, 6.07) is 2.09. The second-order valence-electron chi connectivity index (χ2n) is 5.12. The maximum Gasteiger partial charge on any atom is 0.234 e. The van der Waals surface area contributed by atoms with Crippen LogP contribution < -0.4 is 10.2 Å². The molecule has 1 fully saturated rings. The molecule has 3 heterocycles. The molecule has 2 aliphatic rings. The van der Waals surface area contributed by atoms with Crippen molar-refractivity contribution in [2.45, 2.75) is 13.0 Å². The molecule has 0 spiro atoms. The number of fused-ring (bicyclic) bond motifs is 1. The van der Waals surface area contributed by atoms with Crippen molar-refractivity contribution in [1.82, 2.24) is 20.2 Å². The molecule has 0 amide bonds. The van der Waals surface area contributed by atoms with Crippen LogP contribution in [0.2, 0.25) is 0 Å². The lowest BCUT2D eigenvalue weighted by atomic mass is 10.1. The maximum atomic E-state index is 9.09. The minimum absolute atomic E-state index is 0.301. The molecule has 6 heteroatoms. The fourth-order valence-electron chi connectivity index (χ4n) is 2.66. The summed E-state index contributed by atoms with van der Waals surface area (Å²) in [5.41, 5.74) is 2.22. The van der Waals surface area contributed by atoms with Crippen LogP contribution in [0.1, 0.15) is 17.1 Å². The van der Waals surface area contributed by atoms with Gasteiger partial charge in [0.2, 0.25) is 5.82 Å². The van der Waals surface area contributed by atoms with E-state index in [4.69, 9.17) is 5.26 Å². The number of hydrogen-bond donors (Lipinski definition) is 1. The third kappa shape index (κ3) is 2.39. The molecule has 2 aliphatic heterocycles. The quantitative estimate of drug-likeness (QED) is 0.749. The van der Waals surface area contributed by atoms with E-state index < -0.39 is 0 Å². The maximum absolute atomic E-state index is 9.09. The van der Waals surface area contributed by atoms with Crippen LogP contribution in [-0.2, 0) is 13.0 Å². The summed E-state index contributed by atoms with van der Waals surface area (Å²) < 4.78 is 0. The van der Waals surface area contributed by atoms with E-state index in [1.165, 1.54) is 5.56 Å². The first-order valence-electron chi connectivity index (χ1n) is 6.72. The first-order valence-corrected chi connectivity index (χ1v) is 6.72. The molecule has 1 saturated heterocycles. The van der Waals surface area contributed by atoms with E-state index in [9.17, 15) is 0 Å². The van der Waals surface area contributed by atoms with Crippen LogP contribution in [0.3, 0.4) is 0 Å². The molecule has 100 valence electrons. The van der Waals surface area contributed by atoms with Gasteiger partial charge in [-0.1, -0.05) is 0 Å². The number of hydrogen-bond acceptors (Lipinski definition) is 6. The van der Waals surface area contributed by atoms with Gasteiger partial charge in [0, 0.05) is 51.3 Å². The van der Waals surface area contributed by atoms with Gasteiger partial charge in [-0.25, -0.2) is 9.97 Å². The Balaban J connectivity index is 1.97. The van der Waals surface area contributed by atoms with Crippen LogP contribution >= 0.6 is 0 Å². The molecule has 0 atom stereocenters. The Labute approximate surface area is 113 Å². The van der Waals surface area contributed by atoms with E-state index in [-0.39, 0.29) is 0 Å². The predicted molar refractivity (Wildman–Crippen MR) is 71.9 cm³/mol. The minimum Gasteiger partial charge on any atom is -0.354 e. The van der Waals surface area contributed by atoms with E-state index in [0.717, 1.165) is 57.2 Å². The molecule has 1 N–H and O–H groups in total. The van der Waals surface area contributed by atoms with Gasteiger partial charge in [-0.05, 0) is 7.05 Å². The zero-order valence-corrected chi connectivity index (χ0v) is 11.2. The second kappa shape index (κ2) is 5.11. The van der Waals surface area contributed by atoms with Gasteiger partial charge in [0.05, 0.1) is 5.69 Å². The highest BCUT2D eigenvalue weighted by Crippen LogP contribution is 2.24. The van der Waals surface area contributed by atoms with E-state index in [0.29, 0.717) is 5.82 Å². The lowest BCUT2D eigenvalue weighted by molar-refractivity contribution is 0.311. The Morgan fingerprint density at radius 1 is 1.21 bits per heavy atom. The first-order chi connectivity index (χ1) is 9.28. The van der Waals surface area contributed by atoms with Gasteiger partial charge >= 0.3 is 0 Å². The Bertz CT molecular complexity index is 513. The van der Waals surface area contributed by atoms with Crippen molar-refractivity contribution >= 4 is 5.82 Å². The summed E-state index contributed by atoms with van der Waals surface area (Å²) in [5, 5.41) is 12.5. The topological polar surface area (TPSA) is 68.1 Å². The zero-order chi connectivity index (χ0) is 13.2. The summed E-state index contributed by atoms with van der Waals surface area (Å²) in [6.07, 6.45) is 0.882. The Kier molecular flexibility index (Phi) is 3.32. The minimum atomic E-state index is 0.301. The molecule has 3 rings (SSSR count). The van der Waals surface area contributed by atoms with Gasteiger partial charge < -0.3 is 15.1 Å². The van der Waals surface area contributed by atoms with Crippen LogP contribution in [0.25, 0.3) is 0 Å². The standard InChI is InChI=1S/C13H18N6/c1-18-4-6-19(7-5-18)13-10-9-15-3-2-11(10)16-12(8-14)17-13/h15H,2-7,9H2,1H3. The fourth-order valence-corrected chi connectivity index (χ4v) is 2.66. The molecular weight excluding hydrogens is 240 g/mol. The molecule has 0 aromatic carbocycles. The zero-order valence-electron chi connectivity index (χ0n) is 11.2. The van der Waals surface area contributed by atoms with E-state index >= 15 is 0 Å². The molecule has 1 aromatic rings.